The van der Waals surface area contributed by atoms with E-state index in [1.54, 1.807) is 17.5 Å². The van der Waals surface area contributed by atoms with E-state index >= 15 is 0 Å². The van der Waals surface area contributed by atoms with Crippen LogP contribution in [0.25, 0.3) is 0 Å². The van der Waals surface area contributed by atoms with Crippen molar-refractivity contribution in [2.75, 3.05) is 32.8 Å². The average molecular weight is 456 g/mol. The molecule has 1 aromatic heterocycles. The Hall–Kier alpha value is -2.85. The normalized spacial score (nSPS) is 21.8. The van der Waals surface area contributed by atoms with E-state index < -0.39 is 0 Å². The molecule has 0 bridgehead atoms. The summed E-state index contributed by atoms with van der Waals surface area (Å²) >= 11 is 1.13. The molecular weight excluding hydrogens is 430 g/mol. The van der Waals surface area contributed by atoms with Gasteiger partial charge in [-0.3, -0.25) is 14.4 Å². The van der Waals surface area contributed by atoms with Crippen molar-refractivity contribution in [3.05, 3.63) is 46.0 Å². The highest BCUT2D eigenvalue weighted by Gasteiger charge is 2.46. The number of rotatable bonds is 4. The van der Waals surface area contributed by atoms with Crippen molar-refractivity contribution in [2.24, 2.45) is 5.41 Å². The Morgan fingerprint density at radius 3 is 2.94 bits per heavy atom. The number of carbonyl (C=O) groups is 3. The Labute approximate surface area is 189 Å². The summed E-state index contributed by atoms with van der Waals surface area (Å²) in [6.07, 6.45) is 3.35. The van der Waals surface area contributed by atoms with Crippen LogP contribution in [-0.4, -0.2) is 71.1 Å². The summed E-state index contributed by atoms with van der Waals surface area (Å²) in [5, 5.41) is 11.2. The fraction of sp³-hybridized carbons (Fsp3) is 0.500. The van der Waals surface area contributed by atoms with Gasteiger partial charge in [0.15, 0.2) is 5.69 Å². The number of aromatic nitrogens is 2. The highest BCUT2D eigenvalue weighted by molar-refractivity contribution is 7.03. The summed E-state index contributed by atoms with van der Waals surface area (Å²) in [7, 11) is 0. The van der Waals surface area contributed by atoms with Crippen molar-refractivity contribution >= 4 is 29.3 Å². The van der Waals surface area contributed by atoms with E-state index in [0.29, 0.717) is 56.1 Å². The van der Waals surface area contributed by atoms with E-state index in [1.807, 2.05) is 11.0 Å². The molecule has 9 nitrogen and oxygen atoms in total. The smallest absolute Gasteiger partial charge is 0.272 e. The molecule has 5 rings (SSSR count). The topological polar surface area (TPSA) is 114 Å². The Kier molecular flexibility index (Phi) is 5.64. The van der Waals surface area contributed by atoms with Crippen LogP contribution < -0.4 is 10.6 Å². The molecule has 2 saturated heterocycles. The van der Waals surface area contributed by atoms with Gasteiger partial charge in [0.25, 0.3) is 17.7 Å². The fourth-order valence-corrected chi connectivity index (χ4v) is 5.48. The van der Waals surface area contributed by atoms with Gasteiger partial charge in [0.1, 0.15) is 0 Å². The minimum Gasteiger partial charge on any atom is -0.381 e. The number of nitrogens with zero attached hydrogens (tertiary/aromatic N) is 3. The van der Waals surface area contributed by atoms with Crippen LogP contribution in [0.2, 0.25) is 0 Å². The van der Waals surface area contributed by atoms with Crippen molar-refractivity contribution in [3.8, 4) is 0 Å². The van der Waals surface area contributed by atoms with Gasteiger partial charge in [0, 0.05) is 55.4 Å². The van der Waals surface area contributed by atoms with Crippen LogP contribution in [0.4, 0.5) is 0 Å². The zero-order valence-electron chi connectivity index (χ0n) is 17.6. The van der Waals surface area contributed by atoms with Crippen LogP contribution in [0.1, 0.15) is 56.0 Å². The van der Waals surface area contributed by atoms with E-state index in [-0.39, 0.29) is 29.2 Å². The van der Waals surface area contributed by atoms with Crippen LogP contribution in [0.15, 0.2) is 23.6 Å². The van der Waals surface area contributed by atoms with Crippen molar-refractivity contribution < 1.29 is 19.1 Å². The Morgan fingerprint density at radius 1 is 1.31 bits per heavy atom. The first-order valence-electron chi connectivity index (χ1n) is 10.9. The summed E-state index contributed by atoms with van der Waals surface area (Å²) in [6.45, 7) is 2.97. The van der Waals surface area contributed by atoms with Gasteiger partial charge in [-0.05, 0) is 66.4 Å². The lowest BCUT2D eigenvalue weighted by atomic mass is 9.78. The first-order valence-corrected chi connectivity index (χ1v) is 11.7. The highest BCUT2D eigenvalue weighted by Crippen LogP contribution is 2.43. The second-order valence-electron chi connectivity index (χ2n) is 8.78. The third-order valence-electron chi connectivity index (χ3n) is 6.80. The van der Waals surface area contributed by atoms with Crippen LogP contribution >= 0.6 is 11.5 Å². The average Bonchev–Trinajstić information content (AvgIpc) is 3.46. The van der Waals surface area contributed by atoms with E-state index in [2.05, 4.69) is 20.2 Å². The van der Waals surface area contributed by atoms with Crippen molar-refractivity contribution in [2.45, 2.75) is 31.7 Å². The SMILES string of the molecule is O=C(NCC1CC2(CCOCC2)CN1C(=O)c1ccc2c(c1)CCNC2=O)c1csnn1. The number of likely N-dealkylation sites (tertiary alicyclic amines) is 1. The van der Waals surface area contributed by atoms with E-state index in [1.165, 1.54) is 0 Å². The minimum absolute atomic E-state index is 0.0135. The van der Waals surface area contributed by atoms with Gasteiger partial charge in [-0.15, -0.1) is 5.10 Å². The Morgan fingerprint density at radius 2 is 2.16 bits per heavy atom. The molecule has 3 aliphatic heterocycles. The van der Waals surface area contributed by atoms with Gasteiger partial charge in [-0.2, -0.15) is 0 Å². The maximum Gasteiger partial charge on any atom is 0.272 e. The zero-order valence-corrected chi connectivity index (χ0v) is 18.5. The molecule has 32 heavy (non-hydrogen) atoms. The minimum atomic E-state index is -0.279. The third-order valence-corrected chi connectivity index (χ3v) is 7.30. The molecule has 1 aromatic carbocycles. The molecule has 0 saturated carbocycles. The molecule has 2 N–H and O–H groups in total. The quantitative estimate of drug-likeness (QED) is 0.718. The molecule has 1 unspecified atom stereocenters. The largest absolute Gasteiger partial charge is 0.381 e. The molecule has 168 valence electrons. The number of hydrogen-bond acceptors (Lipinski definition) is 7. The molecule has 3 aliphatic rings. The molecule has 2 fully saturated rings. The first-order chi connectivity index (χ1) is 15.5. The van der Waals surface area contributed by atoms with Crippen molar-refractivity contribution in [1.29, 1.82) is 0 Å². The lowest BCUT2D eigenvalue weighted by Gasteiger charge is -2.33. The summed E-state index contributed by atoms with van der Waals surface area (Å²) in [6, 6.07) is 5.21. The predicted octanol–water partition coefficient (Wildman–Crippen LogP) is 1.27. The van der Waals surface area contributed by atoms with Crippen LogP contribution in [0, 0.1) is 5.41 Å². The van der Waals surface area contributed by atoms with E-state index in [4.69, 9.17) is 4.74 Å². The van der Waals surface area contributed by atoms with Crippen LogP contribution in [-0.2, 0) is 11.2 Å². The van der Waals surface area contributed by atoms with E-state index in [0.717, 1.165) is 36.4 Å². The summed E-state index contributed by atoms with van der Waals surface area (Å²) in [5.74, 6) is -0.430. The fourth-order valence-electron chi connectivity index (χ4n) is 5.04. The second-order valence-corrected chi connectivity index (χ2v) is 9.39. The van der Waals surface area contributed by atoms with Gasteiger partial charge < -0.3 is 20.3 Å². The molecule has 10 heteroatoms. The zero-order chi connectivity index (χ0) is 22.1. The number of benzene rings is 1. The van der Waals surface area contributed by atoms with Gasteiger partial charge in [0.05, 0.1) is 0 Å². The van der Waals surface area contributed by atoms with Crippen molar-refractivity contribution in [1.82, 2.24) is 25.1 Å². The number of ether oxygens (including phenoxy) is 1. The van der Waals surface area contributed by atoms with E-state index in [9.17, 15) is 14.4 Å². The predicted molar refractivity (Wildman–Crippen MR) is 117 cm³/mol. The number of fused-ring (bicyclic) bond motifs is 1. The third kappa shape index (κ3) is 4.00. The summed E-state index contributed by atoms with van der Waals surface area (Å²) in [4.78, 5) is 39.9. The Bertz CT molecular complexity index is 1030. The summed E-state index contributed by atoms with van der Waals surface area (Å²) < 4.78 is 9.30. The van der Waals surface area contributed by atoms with Gasteiger partial charge in [-0.1, -0.05) is 4.49 Å². The molecule has 3 amide bonds. The highest BCUT2D eigenvalue weighted by atomic mass is 32.1. The lowest BCUT2D eigenvalue weighted by Crippen LogP contribution is -2.43. The molecule has 2 aromatic rings. The standard InChI is InChI=1S/C22H25N5O4S/c28-19-17-2-1-15(9-14(17)3-6-23-19)21(30)27-13-22(4-7-31-8-5-22)10-16(27)11-24-20(29)18-12-32-26-25-18/h1-2,9,12,16H,3-8,10-11,13H2,(H,23,28)(H,24,29). The number of carbonyl (C=O) groups excluding carboxylic acids is 3. The molecule has 4 heterocycles. The van der Waals surface area contributed by atoms with Crippen LogP contribution in [0.5, 0.6) is 0 Å². The van der Waals surface area contributed by atoms with Crippen LogP contribution in [0.3, 0.4) is 0 Å². The van der Waals surface area contributed by atoms with Gasteiger partial charge in [0.2, 0.25) is 0 Å². The molecule has 1 spiro atoms. The first kappa shape index (κ1) is 21.0. The summed E-state index contributed by atoms with van der Waals surface area (Å²) in [5.41, 5.74) is 2.43. The monoisotopic (exact) mass is 455 g/mol. The second kappa shape index (κ2) is 8.59. The molecular formula is C22H25N5O4S. The molecule has 0 radical (unpaired) electrons. The lowest BCUT2D eigenvalue weighted by molar-refractivity contribution is 0.0190. The van der Waals surface area contributed by atoms with Gasteiger partial charge >= 0.3 is 0 Å². The van der Waals surface area contributed by atoms with Crippen molar-refractivity contribution in [3.63, 3.8) is 0 Å². The maximum absolute atomic E-state index is 13.6. The maximum atomic E-state index is 13.6. The van der Waals surface area contributed by atoms with Gasteiger partial charge in [-0.25, -0.2) is 0 Å². The molecule has 1 atom stereocenters. The Balaban J connectivity index is 1.37. The number of hydrogen-bond donors (Lipinski definition) is 2. The molecule has 0 aliphatic carbocycles. The number of nitrogens with one attached hydrogen (secondary N) is 2. The number of amides is 3.